The number of para-hydroxylation sites is 2. The molecule has 0 unspecified atom stereocenters. The Morgan fingerprint density at radius 3 is 1.68 bits per heavy atom. The van der Waals surface area contributed by atoms with Crippen molar-refractivity contribution >= 4 is 93.3 Å². The summed E-state index contributed by atoms with van der Waals surface area (Å²) in [6.45, 7) is 0. The van der Waals surface area contributed by atoms with E-state index < -0.39 is 0 Å². The summed E-state index contributed by atoms with van der Waals surface area (Å²) in [4.78, 5) is 2.38. The first-order chi connectivity index (χ1) is 31.2. The summed E-state index contributed by atoms with van der Waals surface area (Å²) in [5.74, 6) is 0. The molecule has 3 heteroatoms. The molecular formula is C60H37NO2. The zero-order valence-corrected chi connectivity index (χ0v) is 34.1. The fourth-order valence-corrected chi connectivity index (χ4v) is 9.77. The smallest absolute Gasteiger partial charge is 0.136 e. The van der Waals surface area contributed by atoms with Crippen molar-refractivity contribution in [3.63, 3.8) is 0 Å². The number of hydrogen-bond acceptors (Lipinski definition) is 3. The second kappa shape index (κ2) is 14.1. The Bertz CT molecular complexity index is 3910. The van der Waals surface area contributed by atoms with Crippen LogP contribution in [0.1, 0.15) is 0 Å². The lowest BCUT2D eigenvalue weighted by Crippen LogP contribution is -2.11. The molecule has 3 nitrogen and oxygen atoms in total. The van der Waals surface area contributed by atoms with E-state index in [1.807, 2.05) is 12.1 Å². The molecule has 0 aliphatic rings. The van der Waals surface area contributed by atoms with Gasteiger partial charge in [-0.3, -0.25) is 0 Å². The van der Waals surface area contributed by atoms with E-state index in [2.05, 4.69) is 217 Å². The molecule has 13 aromatic rings. The maximum Gasteiger partial charge on any atom is 0.136 e. The number of rotatable bonds is 6. The lowest BCUT2D eigenvalue weighted by atomic mass is 9.96. The Kier molecular flexibility index (Phi) is 7.91. The van der Waals surface area contributed by atoms with Gasteiger partial charge in [-0.1, -0.05) is 152 Å². The van der Waals surface area contributed by atoms with E-state index >= 15 is 0 Å². The SMILES string of the molecule is c1ccc(N(c2ccc(-c3ccc4c(ccc5ccccc54)c3)cc2)c2ccc(-c3cccc4oc5ccccc5c34)cc2)c(-c2ccc3oc4cc5ccccc5cc4c3c2)c1. The molecular weight excluding hydrogens is 767 g/mol. The minimum Gasteiger partial charge on any atom is -0.456 e. The van der Waals surface area contributed by atoms with Gasteiger partial charge in [0.05, 0.1) is 5.69 Å². The third-order valence-corrected chi connectivity index (χ3v) is 12.8. The van der Waals surface area contributed by atoms with Gasteiger partial charge in [0.1, 0.15) is 22.3 Å². The summed E-state index contributed by atoms with van der Waals surface area (Å²) in [5.41, 5.74) is 13.7. The average Bonchev–Trinajstić information content (AvgIpc) is 3.91. The molecule has 294 valence electrons. The minimum absolute atomic E-state index is 0.881. The van der Waals surface area contributed by atoms with Crippen LogP contribution in [0.5, 0.6) is 0 Å². The molecule has 0 amide bonds. The fraction of sp³-hybridized carbons (Fsp3) is 0. The van der Waals surface area contributed by atoms with E-state index in [0.29, 0.717) is 0 Å². The molecule has 11 aromatic carbocycles. The van der Waals surface area contributed by atoms with Crippen molar-refractivity contribution in [1.82, 2.24) is 0 Å². The Hall–Kier alpha value is -8.40. The zero-order chi connectivity index (χ0) is 41.4. The van der Waals surface area contributed by atoms with Crippen LogP contribution in [0.15, 0.2) is 233 Å². The van der Waals surface area contributed by atoms with Crippen LogP contribution < -0.4 is 4.90 Å². The van der Waals surface area contributed by atoms with Crippen LogP contribution in [0.2, 0.25) is 0 Å². The van der Waals surface area contributed by atoms with Crippen LogP contribution in [0.25, 0.3) is 110 Å². The van der Waals surface area contributed by atoms with Crippen LogP contribution in [0.4, 0.5) is 17.1 Å². The van der Waals surface area contributed by atoms with Crippen molar-refractivity contribution in [2.75, 3.05) is 4.90 Å². The molecule has 0 aliphatic heterocycles. The molecule has 0 spiro atoms. The number of nitrogens with zero attached hydrogens (tertiary/aromatic N) is 1. The molecule has 0 N–H and O–H groups in total. The van der Waals surface area contributed by atoms with Crippen molar-refractivity contribution in [3.8, 4) is 33.4 Å². The van der Waals surface area contributed by atoms with Crippen LogP contribution in [0, 0.1) is 0 Å². The summed E-state index contributed by atoms with van der Waals surface area (Å²) in [6, 6.07) is 80.7. The highest BCUT2D eigenvalue weighted by atomic mass is 16.3. The van der Waals surface area contributed by atoms with E-state index in [0.717, 1.165) is 83.2 Å². The first-order valence-corrected chi connectivity index (χ1v) is 21.5. The Morgan fingerprint density at radius 2 is 0.841 bits per heavy atom. The zero-order valence-electron chi connectivity index (χ0n) is 34.1. The van der Waals surface area contributed by atoms with Gasteiger partial charge in [0.25, 0.3) is 0 Å². The molecule has 0 atom stereocenters. The third kappa shape index (κ3) is 5.82. The van der Waals surface area contributed by atoms with Crippen LogP contribution in [-0.2, 0) is 0 Å². The van der Waals surface area contributed by atoms with Gasteiger partial charge >= 0.3 is 0 Å². The first kappa shape index (κ1) is 35.4. The predicted octanol–water partition coefficient (Wildman–Crippen LogP) is 17.4. The molecule has 0 aliphatic carbocycles. The van der Waals surface area contributed by atoms with Crippen LogP contribution in [0.3, 0.4) is 0 Å². The number of hydrogen-bond donors (Lipinski definition) is 0. The number of anilines is 3. The van der Waals surface area contributed by atoms with Crippen molar-refractivity contribution in [3.05, 3.63) is 224 Å². The van der Waals surface area contributed by atoms with Gasteiger partial charge in [-0.15, -0.1) is 0 Å². The standard InChI is InChI=1S/C60H37NO2/c1-2-12-42-37-59-54(35-41(42)11-1)53-36-45(27-33-57(53)63-59)50-14-5-7-17-55(50)61(47-30-24-40(25-31-47)51-16-9-19-58-60(51)52-15-6-8-18-56(52)62-58)46-28-22-38(23-29-46)43-26-32-49-44(34-43)21-20-39-10-3-4-13-48(39)49/h1-37H. The highest BCUT2D eigenvalue weighted by Gasteiger charge is 2.20. The van der Waals surface area contributed by atoms with Gasteiger partial charge < -0.3 is 13.7 Å². The van der Waals surface area contributed by atoms with Crippen molar-refractivity contribution < 1.29 is 8.83 Å². The lowest BCUT2D eigenvalue weighted by Gasteiger charge is -2.28. The normalized spacial score (nSPS) is 11.8. The molecule has 0 saturated heterocycles. The highest BCUT2D eigenvalue weighted by Crippen LogP contribution is 2.44. The van der Waals surface area contributed by atoms with E-state index in [1.165, 1.54) is 43.4 Å². The van der Waals surface area contributed by atoms with Gasteiger partial charge in [-0.05, 0) is 133 Å². The molecule has 2 heterocycles. The summed E-state index contributed by atoms with van der Waals surface area (Å²) in [5, 5.41) is 11.9. The summed E-state index contributed by atoms with van der Waals surface area (Å²) >= 11 is 0. The Labute approximate surface area is 363 Å². The first-order valence-electron chi connectivity index (χ1n) is 21.5. The van der Waals surface area contributed by atoms with E-state index in [-0.39, 0.29) is 0 Å². The second-order valence-corrected chi connectivity index (χ2v) is 16.5. The lowest BCUT2D eigenvalue weighted by molar-refractivity contribution is 0.669. The maximum atomic E-state index is 6.43. The number of fused-ring (bicyclic) bond motifs is 10. The van der Waals surface area contributed by atoms with Gasteiger partial charge in [-0.25, -0.2) is 0 Å². The van der Waals surface area contributed by atoms with Crippen LogP contribution in [-0.4, -0.2) is 0 Å². The largest absolute Gasteiger partial charge is 0.456 e. The van der Waals surface area contributed by atoms with E-state index in [4.69, 9.17) is 8.83 Å². The Balaban J connectivity index is 0.946. The minimum atomic E-state index is 0.881. The van der Waals surface area contributed by atoms with Crippen molar-refractivity contribution in [2.24, 2.45) is 0 Å². The molecule has 0 bridgehead atoms. The second-order valence-electron chi connectivity index (χ2n) is 16.5. The number of furan rings is 2. The molecule has 63 heavy (non-hydrogen) atoms. The van der Waals surface area contributed by atoms with Gasteiger partial charge in [0.2, 0.25) is 0 Å². The maximum absolute atomic E-state index is 6.43. The van der Waals surface area contributed by atoms with Crippen molar-refractivity contribution in [2.45, 2.75) is 0 Å². The summed E-state index contributed by atoms with van der Waals surface area (Å²) in [6.07, 6.45) is 0. The third-order valence-electron chi connectivity index (χ3n) is 12.8. The fourth-order valence-electron chi connectivity index (χ4n) is 9.77. The molecule has 0 radical (unpaired) electrons. The van der Waals surface area contributed by atoms with Gasteiger partial charge in [0, 0.05) is 38.5 Å². The topological polar surface area (TPSA) is 29.5 Å². The summed E-state index contributed by atoms with van der Waals surface area (Å²) < 4.78 is 12.7. The van der Waals surface area contributed by atoms with E-state index in [1.54, 1.807) is 0 Å². The monoisotopic (exact) mass is 803 g/mol. The average molecular weight is 804 g/mol. The molecule has 2 aromatic heterocycles. The van der Waals surface area contributed by atoms with Crippen LogP contribution >= 0.6 is 0 Å². The predicted molar refractivity (Wildman–Crippen MR) is 265 cm³/mol. The molecule has 0 saturated carbocycles. The number of benzene rings is 11. The van der Waals surface area contributed by atoms with E-state index in [9.17, 15) is 0 Å². The molecule has 13 rings (SSSR count). The van der Waals surface area contributed by atoms with Gasteiger partial charge in [-0.2, -0.15) is 0 Å². The molecule has 0 fully saturated rings. The summed E-state index contributed by atoms with van der Waals surface area (Å²) in [7, 11) is 0. The van der Waals surface area contributed by atoms with Crippen molar-refractivity contribution in [1.29, 1.82) is 0 Å². The highest BCUT2D eigenvalue weighted by molar-refractivity contribution is 6.13. The quantitative estimate of drug-likeness (QED) is 0.157. The Morgan fingerprint density at radius 1 is 0.270 bits per heavy atom. The van der Waals surface area contributed by atoms with Gasteiger partial charge in [0.15, 0.2) is 0 Å².